The zero-order chi connectivity index (χ0) is 30.6. The Labute approximate surface area is 235 Å². The minimum atomic E-state index is -3.64. The van der Waals surface area contributed by atoms with Gasteiger partial charge in [-0.3, -0.25) is 9.36 Å². The van der Waals surface area contributed by atoms with Gasteiger partial charge in [0.25, 0.3) is 0 Å². The van der Waals surface area contributed by atoms with Crippen LogP contribution in [-0.4, -0.2) is 72.2 Å². The van der Waals surface area contributed by atoms with E-state index >= 15 is 0 Å². The fraction of sp³-hybridized carbons (Fsp3) is 0.360. The van der Waals surface area contributed by atoms with Gasteiger partial charge in [-0.15, -0.1) is 0 Å². The van der Waals surface area contributed by atoms with Crippen molar-refractivity contribution in [3.8, 4) is 5.75 Å². The molecule has 3 atom stereocenters. The number of carboxylic acid groups (broad SMARTS) is 2. The number of imidazole rings is 1. The summed E-state index contributed by atoms with van der Waals surface area (Å²) in [5.41, 5.74) is 6.91. The van der Waals surface area contributed by atoms with Gasteiger partial charge < -0.3 is 34.5 Å². The van der Waals surface area contributed by atoms with Crippen molar-refractivity contribution in [2.45, 2.75) is 52.5 Å². The molecule has 0 radical (unpaired) electrons. The number of para-hydroxylation sites is 1. The maximum absolute atomic E-state index is 13.6. The zero-order valence-electron chi connectivity index (χ0n) is 22.9. The van der Waals surface area contributed by atoms with Crippen LogP contribution in [0.4, 0.5) is 5.82 Å². The minimum Gasteiger partial charge on any atom is -0.478 e. The van der Waals surface area contributed by atoms with Crippen molar-refractivity contribution in [1.29, 1.82) is 0 Å². The number of rotatable bonds is 13. The molecule has 0 spiro atoms. The minimum absolute atomic E-state index is 0.272. The Hall–Kier alpha value is -4.33. The summed E-state index contributed by atoms with van der Waals surface area (Å²) >= 11 is 0. The Bertz CT molecular complexity index is 1380. The lowest BCUT2D eigenvalue weighted by atomic mass is 10.3. The smallest absolute Gasteiger partial charge is 0.342 e. The van der Waals surface area contributed by atoms with Gasteiger partial charge in [-0.1, -0.05) is 18.2 Å². The summed E-state index contributed by atoms with van der Waals surface area (Å²) < 4.78 is 32.2. The number of nitrogens with two attached hydrogens (primary N) is 1. The number of benzene rings is 1. The molecule has 5 N–H and O–H groups in total. The first-order chi connectivity index (χ1) is 19.3. The number of carboxylic acids is 2. The van der Waals surface area contributed by atoms with Crippen LogP contribution in [0.1, 0.15) is 27.7 Å². The van der Waals surface area contributed by atoms with E-state index in [9.17, 15) is 18.9 Å². The third-order valence-corrected chi connectivity index (χ3v) is 6.65. The Morgan fingerprint density at radius 3 is 2.27 bits per heavy atom. The van der Waals surface area contributed by atoms with Gasteiger partial charge in [0.1, 0.15) is 30.0 Å². The van der Waals surface area contributed by atoms with Crippen LogP contribution in [0.5, 0.6) is 5.75 Å². The second kappa shape index (κ2) is 15.5. The van der Waals surface area contributed by atoms with Crippen LogP contribution in [0.3, 0.4) is 0 Å². The van der Waals surface area contributed by atoms with Crippen LogP contribution in [0.15, 0.2) is 55.1 Å². The molecular formula is C25H33N6O9P. The number of nitrogens with one attached hydrogen (secondary N) is 1. The number of carbonyl (C=O) groups is 3. The van der Waals surface area contributed by atoms with E-state index < -0.39 is 31.5 Å². The maximum atomic E-state index is 13.6. The summed E-state index contributed by atoms with van der Waals surface area (Å²) in [6, 6.07) is 7.83. The number of hydrogen-bond acceptors (Lipinski definition) is 11. The number of nitrogens with zero attached hydrogens (tertiary/aromatic N) is 4. The van der Waals surface area contributed by atoms with Gasteiger partial charge in [0.15, 0.2) is 11.5 Å². The van der Waals surface area contributed by atoms with Crippen LogP contribution in [0.2, 0.25) is 0 Å². The average molecular weight is 593 g/mol. The molecule has 222 valence electrons. The summed E-state index contributed by atoms with van der Waals surface area (Å²) in [4.78, 5) is 43.7. The largest absolute Gasteiger partial charge is 0.478 e. The molecule has 3 aromatic rings. The molecule has 1 unspecified atom stereocenters. The summed E-state index contributed by atoms with van der Waals surface area (Å²) in [5, 5.41) is 18.4. The molecular weight excluding hydrogens is 559 g/mol. The lowest BCUT2D eigenvalue weighted by Crippen LogP contribution is -2.37. The van der Waals surface area contributed by atoms with E-state index in [2.05, 4.69) is 20.0 Å². The Morgan fingerprint density at radius 1 is 1.05 bits per heavy atom. The van der Waals surface area contributed by atoms with E-state index in [1.165, 1.54) is 6.33 Å². The van der Waals surface area contributed by atoms with Gasteiger partial charge in [0.05, 0.1) is 25.1 Å². The third kappa shape index (κ3) is 11.4. The van der Waals surface area contributed by atoms with E-state index in [0.29, 0.717) is 41.4 Å². The van der Waals surface area contributed by atoms with E-state index in [1.54, 1.807) is 55.9 Å². The molecule has 0 saturated heterocycles. The summed E-state index contributed by atoms with van der Waals surface area (Å²) in [6.07, 6.45) is 3.13. The van der Waals surface area contributed by atoms with Gasteiger partial charge in [-0.2, -0.15) is 0 Å². The number of carbonyl (C=O) groups excluding carboxylic acids is 1. The molecule has 0 aliphatic carbocycles. The number of fused-ring (bicyclic) bond motifs is 1. The topological polar surface area (TPSA) is 218 Å². The zero-order valence-corrected chi connectivity index (χ0v) is 23.8. The highest BCUT2D eigenvalue weighted by atomic mass is 31.2. The molecule has 0 fully saturated rings. The predicted molar refractivity (Wildman–Crippen MR) is 148 cm³/mol. The van der Waals surface area contributed by atoms with Gasteiger partial charge >= 0.3 is 25.4 Å². The Balaban J connectivity index is 0.000000642. The molecule has 0 saturated carbocycles. The number of nitrogen functional groups attached to an aromatic ring is 1. The highest BCUT2D eigenvalue weighted by Crippen LogP contribution is 2.44. The molecule has 3 rings (SSSR count). The van der Waals surface area contributed by atoms with Crippen molar-refractivity contribution in [2.75, 3.05) is 12.1 Å². The predicted octanol–water partition coefficient (Wildman–Crippen LogP) is 2.68. The number of aliphatic carboxylic acids is 2. The van der Waals surface area contributed by atoms with E-state index in [-0.39, 0.29) is 18.6 Å². The molecule has 0 aliphatic heterocycles. The number of ether oxygens (including phenoxy) is 2. The normalized spacial score (nSPS) is 14.1. The SMILES string of the molecule is CC(C)OC(=O)[C@H](C)NP(=O)(CO[C@H](C)Cn1cnc2c(N)ncnc21)Oc1ccccc1.O=C(O)/C=C/C(=O)O. The molecule has 15 nitrogen and oxygen atoms in total. The average Bonchev–Trinajstić information content (AvgIpc) is 3.30. The van der Waals surface area contributed by atoms with Crippen LogP contribution >= 0.6 is 7.52 Å². The highest BCUT2D eigenvalue weighted by Gasteiger charge is 2.32. The lowest BCUT2D eigenvalue weighted by molar-refractivity contribution is -0.149. The first-order valence-electron chi connectivity index (χ1n) is 12.3. The molecule has 0 aliphatic rings. The number of hydrogen-bond donors (Lipinski definition) is 4. The second-order valence-corrected chi connectivity index (χ2v) is 10.9. The van der Waals surface area contributed by atoms with Gasteiger partial charge in [0.2, 0.25) is 0 Å². The maximum Gasteiger partial charge on any atom is 0.342 e. The first-order valence-corrected chi connectivity index (χ1v) is 14.1. The van der Waals surface area contributed by atoms with E-state index in [1.807, 2.05) is 13.0 Å². The first kappa shape index (κ1) is 32.9. The molecule has 2 aromatic heterocycles. The lowest BCUT2D eigenvalue weighted by Gasteiger charge is -2.25. The number of anilines is 1. The molecule has 2 heterocycles. The Kier molecular flexibility index (Phi) is 12.4. The molecule has 1 aromatic carbocycles. The molecule has 0 amide bonds. The van der Waals surface area contributed by atoms with Crippen molar-refractivity contribution in [2.24, 2.45) is 0 Å². The van der Waals surface area contributed by atoms with Crippen LogP contribution < -0.4 is 15.3 Å². The van der Waals surface area contributed by atoms with Crippen molar-refractivity contribution in [1.82, 2.24) is 24.6 Å². The van der Waals surface area contributed by atoms with Gasteiger partial charge in [-0.05, 0) is 39.8 Å². The van der Waals surface area contributed by atoms with Crippen molar-refractivity contribution >= 4 is 42.4 Å². The molecule has 0 bridgehead atoms. The van der Waals surface area contributed by atoms with E-state index in [0.717, 1.165) is 0 Å². The van der Waals surface area contributed by atoms with Crippen LogP contribution in [0, 0.1) is 0 Å². The van der Waals surface area contributed by atoms with Crippen molar-refractivity contribution < 1.29 is 43.2 Å². The third-order valence-electron chi connectivity index (χ3n) is 4.87. The quantitative estimate of drug-likeness (QED) is 0.127. The second-order valence-electron chi connectivity index (χ2n) is 8.86. The monoisotopic (exact) mass is 592 g/mol. The van der Waals surface area contributed by atoms with Crippen molar-refractivity contribution in [3.63, 3.8) is 0 Å². The number of esters is 1. The van der Waals surface area contributed by atoms with Gasteiger partial charge in [0, 0.05) is 12.2 Å². The van der Waals surface area contributed by atoms with Crippen LogP contribution in [-0.2, 0) is 35.0 Å². The fourth-order valence-electron chi connectivity index (χ4n) is 3.15. The molecule has 16 heteroatoms. The van der Waals surface area contributed by atoms with Gasteiger partial charge in [-0.25, -0.2) is 29.6 Å². The fourth-order valence-corrected chi connectivity index (χ4v) is 4.94. The van der Waals surface area contributed by atoms with Crippen molar-refractivity contribution in [3.05, 3.63) is 55.1 Å². The summed E-state index contributed by atoms with van der Waals surface area (Å²) in [7, 11) is -3.64. The van der Waals surface area contributed by atoms with E-state index in [4.69, 9.17) is 29.9 Å². The number of aromatic nitrogens is 4. The summed E-state index contributed by atoms with van der Waals surface area (Å²) in [6.45, 7) is 7.25. The Morgan fingerprint density at radius 2 is 1.68 bits per heavy atom. The molecule has 41 heavy (non-hydrogen) atoms. The summed E-state index contributed by atoms with van der Waals surface area (Å²) in [5.74, 6) is -2.36. The van der Waals surface area contributed by atoms with Crippen LogP contribution in [0.25, 0.3) is 11.2 Å². The standard InChI is InChI=1S/C21H29N6O5P.C4H4O4/c1-14(2)31-21(28)16(4)26-33(29,32-17-8-6-5-7-9-17)13-30-15(3)10-27-12-25-18-19(22)23-11-24-20(18)27;5-3(6)1-2-4(7)8/h5-9,11-12,14-16H,10,13H2,1-4H3,(H,26,29)(H2,22,23,24);1-2H,(H,5,6)(H,7,8)/b;2-1+/t15-,16+,33?;/m1./s1. The highest BCUT2D eigenvalue weighted by molar-refractivity contribution is 7.57.